The second-order valence-corrected chi connectivity index (χ2v) is 9.62. The Bertz CT molecular complexity index is 1490. The zero-order chi connectivity index (χ0) is 26.7. The van der Waals surface area contributed by atoms with Crippen LogP contribution in [0.15, 0.2) is 68.4 Å². The fraction of sp³-hybridized carbons (Fsp3) is 0.200. The molecule has 0 bridgehead atoms. The maximum Gasteiger partial charge on any atom is 0.387 e. The molecule has 4 rings (SSSR count). The summed E-state index contributed by atoms with van der Waals surface area (Å²) in [5, 5.41) is 3.59. The summed E-state index contributed by atoms with van der Waals surface area (Å²) in [5.41, 5.74) is 2.33. The summed E-state index contributed by atoms with van der Waals surface area (Å²) >= 11 is 0. The van der Waals surface area contributed by atoms with Crippen molar-refractivity contribution in [1.82, 2.24) is 9.88 Å². The second kappa shape index (κ2) is 10.4. The Kier molecular flexibility index (Phi) is 7.30. The molecular weight excluding hydrogens is 510 g/mol. The lowest BCUT2D eigenvalue weighted by Crippen LogP contribution is -2.31. The van der Waals surface area contributed by atoms with Gasteiger partial charge in [-0.3, -0.25) is 4.79 Å². The Hall–Kier alpha value is -4.19. The Labute approximate surface area is 211 Å². The lowest BCUT2D eigenvalue weighted by Gasteiger charge is -2.08. The highest BCUT2D eigenvalue weighted by Crippen LogP contribution is 2.26. The third-order valence-corrected chi connectivity index (χ3v) is 6.94. The summed E-state index contributed by atoms with van der Waals surface area (Å²) < 4.78 is 72.2. The first-order valence-electron chi connectivity index (χ1n) is 10.9. The molecule has 1 amide bonds. The van der Waals surface area contributed by atoms with Crippen molar-refractivity contribution >= 4 is 15.9 Å². The number of carbonyl (C=O) groups excluding carboxylic acids is 1. The third kappa shape index (κ3) is 5.97. The van der Waals surface area contributed by atoms with Crippen LogP contribution in [-0.4, -0.2) is 26.1 Å². The molecule has 0 aliphatic rings. The maximum absolute atomic E-state index is 12.6. The van der Waals surface area contributed by atoms with Gasteiger partial charge in [-0.15, -0.1) is 0 Å². The van der Waals surface area contributed by atoms with Gasteiger partial charge < -0.3 is 18.4 Å². The molecule has 2 heterocycles. The standard InChI is InChI=1S/C25H22F2N2O7S/c1-14-23(16(3)36-28-14)37(31,32)29-24(30)22-12-19(15(2)34-22)13-33-20-8-4-17(5-9-20)18-6-10-21(11-7-18)35-25(26)27/h4-12,25H,13H2,1-3H3,(H,29,30). The van der Waals surface area contributed by atoms with Crippen LogP contribution in [0.25, 0.3) is 11.1 Å². The van der Waals surface area contributed by atoms with E-state index < -0.39 is 22.5 Å². The number of aryl methyl sites for hydroxylation is 3. The number of nitrogens with one attached hydrogen (secondary N) is 1. The third-order valence-electron chi connectivity index (χ3n) is 5.37. The van der Waals surface area contributed by atoms with E-state index in [1.54, 1.807) is 43.3 Å². The molecule has 0 saturated heterocycles. The van der Waals surface area contributed by atoms with Gasteiger partial charge >= 0.3 is 12.5 Å². The predicted octanol–water partition coefficient (Wildman–Crippen LogP) is 5.16. The first-order chi connectivity index (χ1) is 17.5. The number of furan rings is 1. The molecule has 37 heavy (non-hydrogen) atoms. The molecule has 4 aromatic rings. The number of hydrogen-bond acceptors (Lipinski definition) is 8. The van der Waals surface area contributed by atoms with E-state index in [0.29, 0.717) is 17.1 Å². The van der Waals surface area contributed by atoms with Crippen molar-refractivity contribution < 1.29 is 40.4 Å². The molecule has 0 radical (unpaired) electrons. The summed E-state index contributed by atoms with van der Waals surface area (Å²) in [4.78, 5) is 12.3. The molecule has 1 N–H and O–H groups in total. The van der Waals surface area contributed by atoms with Crippen LogP contribution in [0.3, 0.4) is 0 Å². The number of ether oxygens (including phenoxy) is 2. The summed E-state index contributed by atoms with van der Waals surface area (Å²) in [6.45, 7) is 1.70. The van der Waals surface area contributed by atoms with Crippen LogP contribution >= 0.6 is 0 Å². The smallest absolute Gasteiger partial charge is 0.387 e. The molecule has 12 heteroatoms. The maximum atomic E-state index is 12.6. The fourth-order valence-corrected chi connectivity index (χ4v) is 4.88. The van der Waals surface area contributed by atoms with E-state index in [1.165, 1.54) is 32.0 Å². The molecule has 0 saturated carbocycles. The number of aromatic nitrogens is 1. The van der Waals surface area contributed by atoms with Crippen molar-refractivity contribution in [3.63, 3.8) is 0 Å². The lowest BCUT2D eigenvalue weighted by atomic mass is 10.1. The van der Waals surface area contributed by atoms with Crippen molar-refractivity contribution in [3.8, 4) is 22.6 Å². The van der Waals surface area contributed by atoms with Gasteiger partial charge in [-0.05, 0) is 62.2 Å². The van der Waals surface area contributed by atoms with Crippen LogP contribution < -0.4 is 14.2 Å². The minimum absolute atomic E-state index is 0.0614. The molecule has 0 aliphatic carbocycles. The van der Waals surface area contributed by atoms with E-state index >= 15 is 0 Å². The van der Waals surface area contributed by atoms with E-state index in [-0.39, 0.29) is 34.5 Å². The second-order valence-electron chi connectivity index (χ2n) is 8.00. The first kappa shape index (κ1) is 25.9. The van der Waals surface area contributed by atoms with E-state index in [1.807, 2.05) is 4.72 Å². The van der Waals surface area contributed by atoms with Crippen molar-refractivity contribution in [1.29, 1.82) is 0 Å². The normalized spacial score (nSPS) is 11.5. The van der Waals surface area contributed by atoms with Gasteiger partial charge in [0.15, 0.2) is 16.4 Å². The number of nitrogens with zero attached hydrogens (tertiary/aromatic N) is 1. The SMILES string of the molecule is Cc1noc(C)c1S(=O)(=O)NC(=O)c1cc(COc2ccc(-c3ccc(OC(F)F)cc3)cc2)c(C)o1. The summed E-state index contributed by atoms with van der Waals surface area (Å²) in [6, 6.07) is 14.7. The first-order valence-corrected chi connectivity index (χ1v) is 12.4. The van der Waals surface area contributed by atoms with Gasteiger partial charge in [0, 0.05) is 5.56 Å². The Balaban J connectivity index is 1.39. The number of alkyl halides is 2. The van der Waals surface area contributed by atoms with Gasteiger partial charge in [-0.2, -0.15) is 8.78 Å². The van der Waals surface area contributed by atoms with Crippen LogP contribution in [0.5, 0.6) is 11.5 Å². The molecule has 194 valence electrons. The number of amides is 1. The van der Waals surface area contributed by atoms with Crippen molar-refractivity contribution in [2.24, 2.45) is 0 Å². The average molecular weight is 533 g/mol. The largest absolute Gasteiger partial charge is 0.489 e. The van der Waals surface area contributed by atoms with Crippen molar-refractivity contribution in [2.45, 2.75) is 38.9 Å². The molecule has 0 fully saturated rings. The van der Waals surface area contributed by atoms with Crippen LogP contribution in [-0.2, 0) is 16.6 Å². The topological polar surface area (TPSA) is 121 Å². The summed E-state index contributed by atoms with van der Waals surface area (Å²) in [7, 11) is -4.21. The highest BCUT2D eigenvalue weighted by Gasteiger charge is 2.28. The van der Waals surface area contributed by atoms with E-state index in [0.717, 1.165) is 11.1 Å². The zero-order valence-electron chi connectivity index (χ0n) is 19.9. The van der Waals surface area contributed by atoms with Gasteiger partial charge in [-0.25, -0.2) is 13.1 Å². The number of rotatable bonds is 9. The molecule has 0 aliphatic heterocycles. The highest BCUT2D eigenvalue weighted by molar-refractivity contribution is 7.90. The number of carbonyl (C=O) groups is 1. The Morgan fingerprint density at radius 3 is 2.11 bits per heavy atom. The van der Waals surface area contributed by atoms with Crippen LogP contribution in [0.2, 0.25) is 0 Å². The summed E-state index contributed by atoms with van der Waals surface area (Å²) in [6.07, 6.45) is 0. The fourth-order valence-electron chi connectivity index (χ4n) is 3.59. The number of sulfonamides is 1. The molecule has 2 aromatic heterocycles. The van der Waals surface area contributed by atoms with Crippen molar-refractivity contribution in [3.05, 3.63) is 83.1 Å². The minimum Gasteiger partial charge on any atom is -0.489 e. The van der Waals surface area contributed by atoms with Gasteiger partial charge in [0.25, 0.3) is 10.0 Å². The van der Waals surface area contributed by atoms with E-state index in [2.05, 4.69) is 9.89 Å². The monoisotopic (exact) mass is 532 g/mol. The van der Waals surface area contributed by atoms with E-state index in [4.69, 9.17) is 13.7 Å². The molecule has 0 atom stereocenters. The zero-order valence-corrected chi connectivity index (χ0v) is 20.8. The van der Waals surface area contributed by atoms with Crippen LogP contribution in [0, 0.1) is 20.8 Å². The number of hydrogen-bond donors (Lipinski definition) is 1. The minimum atomic E-state index is -4.21. The van der Waals surface area contributed by atoms with Gasteiger partial charge in [0.2, 0.25) is 0 Å². The van der Waals surface area contributed by atoms with Gasteiger partial charge in [0.1, 0.15) is 29.6 Å². The molecule has 2 aromatic carbocycles. The quantitative estimate of drug-likeness (QED) is 0.314. The summed E-state index contributed by atoms with van der Waals surface area (Å²) in [5.74, 6) is -0.0730. The van der Waals surface area contributed by atoms with Crippen LogP contribution in [0.1, 0.15) is 33.3 Å². The van der Waals surface area contributed by atoms with Crippen LogP contribution in [0.4, 0.5) is 8.78 Å². The highest BCUT2D eigenvalue weighted by atomic mass is 32.2. The molecule has 0 unspecified atom stereocenters. The number of benzene rings is 2. The predicted molar refractivity (Wildman–Crippen MR) is 127 cm³/mol. The Morgan fingerprint density at radius 1 is 0.973 bits per heavy atom. The molecule has 0 spiro atoms. The average Bonchev–Trinajstić information content (AvgIpc) is 3.39. The van der Waals surface area contributed by atoms with Gasteiger partial charge in [-0.1, -0.05) is 29.4 Å². The van der Waals surface area contributed by atoms with E-state index in [9.17, 15) is 22.0 Å². The lowest BCUT2D eigenvalue weighted by molar-refractivity contribution is -0.0498. The van der Waals surface area contributed by atoms with Gasteiger partial charge in [0.05, 0.1) is 0 Å². The van der Waals surface area contributed by atoms with Crippen molar-refractivity contribution in [2.75, 3.05) is 0 Å². The number of halogens is 2. The molecule has 9 nitrogen and oxygen atoms in total. The molecular formula is C25H22F2N2O7S. The Morgan fingerprint density at radius 2 is 1.57 bits per heavy atom.